The average Bonchev–Trinajstić information content (AvgIpc) is 2.84. The Morgan fingerprint density at radius 3 is 2.80 bits per heavy atom. The van der Waals surface area contributed by atoms with Gasteiger partial charge in [-0.1, -0.05) is 0 Å². The largest absolute Gasteiger partial charge is 0.392 e. The summed E-state index contributed by atoms with van der Waals surface area (Å²) in [5.41, 5.74) is 0. The molecule has 15 heavy (non-hydrogen) atoms. The standard InChI is InChI=1S/C10H16N4O/c1-6-12-13-10(14(6)7-2-3-7)9-4-8(15)5-11-9/h7-9,11,15H,2-5H2,1H3/t8?,9-/m0/s1. The number of rotatable bonds is 2. The fourth-order valence-corrected chi connectivity index (χ4v) is 2.32. The van der Waals surface area contributed by atoms with Crippen molar-refractivity contribution in [3.63, 3.8) is 0 Å². The van der Waals surface area contributed by atoms with Crippen LogP contribution in [-0.4, -0.2) is 32.5 Å². The zero-order chi connectivity index (χ0) is 10.4. The van der Waals surface area contributed by atoms with Gasteiger partial charge in [-0.2, -0.15) is 0 Å². The normalized spacial score (nSPS) is 31.1. The van der Waals surface area contributed by atoms with Gasteiger partial charge in [-0.15, -0.1) is 10.2 Å². The molecule has 1 saturated carbocycles. The number of aryl methyl sites for hydroxylation is 1. The van der Waals surface area contributed by atoms with Gasteiger partial charge in [0, 0.05) is 12.6 Å². The molecule has 2 heterocycles. The summed E-state index contributed by atoms with van der Waals surface area (Å²) in [7, 11) is 0. The lowest BCUT2D eigenvalue weighted by molar-refractivity contribution is 0.192. The number of aromatic nitrogens is 3. The van der Waals surface area contributed by atoms with E-state index in [2.05, 4.69) is 20.1 Å². The molecule has 2 N–H and O–H groups in total. The SMILES string of the molecule is Cc1nnc([C@@H]2CC(O)CN2)n1C1CC1. The summed E-state index contributed by atoms with van der Waals surface area (Å²) in [5.74, 6) is 2.00. The number of aliphatic hydroxyl groups excluding tert-OH is 1. The van der Waals surface area contributed by atoms with Crippen LogP contribution in [0.15, 0.2) is 0 Å². The van der Waals surface area contributed by atoms with Crippen molar-refractivity contribution in [3.05, 3.63) is 11.6 Å². The molecule has 0 aromatic carbocycles. The predicted molar refractivity (Wildman–Crippen MR) is 54.4 cm³/mol. The van der Waals surface area contributed by atoms with E-state index in [1.54, 1.807) is 0 Å². The van der Waals surface area contributed by atoms with Crippen LogP contribution in [0.4, 0.5) is 0 Å². The summed E-state index contributed by atoms with van der Waals surface area (Å²) in [6.07, 6.45) is 2.99. The van der Waals surface area contributed by atoms with E-state index >= 15 is 0 Å². The van der Waals surface area contributed by atoms with Crippen LogP contribution in [0.25, 0.3) is 0 Å². The first-order chi connectivity index (χ1) is 7.25. The van der Waals surface area contributed by atoms with Crippen LogP contribution in [0.1, 0.15) is 43.0 Å². The van der Waals surface area contributed by atoms with E-state index in [0.717, 1.165) is 18.1 Å². The molecule has 0 radical (unpaired) electrons. The minimum absolute atomic E-state index is 0.182. The molecular weight excluding hydrogens is 192 g/mol. The number of aliphatic hydroxyl groups is 1. The second-order valence-electron chi connectivity index (χ2n) is 4.56. The molecule has 2 atom stereocenters. The van der Waals surface area contributed by atoms with E-state index in [0.29, 0.717) is 12.6 Å². The number of nitrogens with one attached hydrogen (secondary N) is 1. The van der Waals surface area contributed by atoms with E-state index in [-0.39, 0.29) is 12.1 Å². The first kappa shape index (κ1) is 9.30. The second kappa shape index (κ2) is 3.28. The third-order valence-electron chi connectivity index (χ3n) is 3.22. The second-order valence-corrected chi connectivity index (χ2v) is 4.56. The molecule has 0 bridgehead atoms. The van der Waals surface area contributed by atoms with Crippen molar-refractivity contribution in [2.75, 3.05) is 6.54 Å². The molecule has 1 aliphatic carbocycles. The molecular formula is C10H16N4O. The summed E-state index contributed by atoms with van der Waals surface area (Å²) in [6, 6.07) is 0.788. The lowest BCUT2D eigenvalue weighted by Crippen LogP contribution is -2.18. The molecule has 0 spiro atoms. The monoisotopic (exact) mass is 208 g/mol. The first-order valence-electron chi connectivity index (χ1n) is 5.58. The zero-order valence-electron chi connectivity index (χ0n) is 8.85. The van der Waals surface area contributed by atoms with Crippen LogP contribution >= 0.6 is 0 Å². The zero-order valence-corrected chi connectivity index (χ0v) is 8.85. The van der Waals surface area contributed by atoms with Crippen LogP contribution in [0.3, 0.4) is 0 Å². The van der Waals surface area contributed by atoms with Gasteiger partial charge in [-0.3, -0.25) is 0 Å². The maximum Gasteiger partial charge on any atom is 0.150 e. The third kappa shape index (κ3) is 1.55. The summed E-state index contributed by atoms with van der Waals surface area (Å²) in [5, 5.41) is 21.2. The lowest BCUT2D eigenvalue weighted by atomic mass is 10.2. The van der Waals surface area contributed by atoms with Gasteiger partial charge in [-0.05, 0) is 26.2 Å². The van der Waals surface area contributed by atoms with Crippen molar-refractivity contribution in [1.29, 1.82) is 0 Å². The Kier molecular flexibility index (Phi) is 2.03. The van der Waals surface area contributed by atoms with E-state index in [1.165, 1.54) is 12.8 Å². The maximum absolute atomic E-state index is 9.49. The highest BCUT2D eigenvalue weighted by molar-refractivity contribution is 5.07. The first-order valence-corrected chi connectivity index (χ1v) is 5.58. The number of hydrogen-bond donors (Lipinski definition) is 2. The summed E-state index contributed by atoms with van der Waals surface area (Å²) in [4.78, 5) is 0. The minimum atomic E-state index is -0.236. The highest BCUT2D eigenvalue weighted by atomic mass is 16.3. The van der Waals surface area contributed by atoms with Gasteiger partial charge in [0.1, 0.15) is 5.82 Å². The molecule has 1 aromatic rings. The fraction of sp³-hybridized carbons (Fsp3) is 0.800. The number of β-amino-alcohol motifs (C(OH)–C–C–N with tert-alkyl or cyclic N) is 1. The maximum atomic E-state index is 9.49. The Morgan fingerprint density at radius 2 is 2.20 bits per heavy atom. The summed E-state index contributed by atoms with van der Waals surface area (Å²) < 4.78 is 2.23. The smallest absolute Gasteiger partial charge is 0.150 e. The van der Waals surface area contributed by atoms with Gasteiger partial charge in [0.15, 0.2) is 5.82 Å². The topological polar surface area (TPSA) is 63.0 Å². The predicted octanol–water partition coefficient (Wildman–Crippen LogP) is 0.317. The molecule has 2 aliphatic rings. The van der Waals surface area contributed by atoms with Crippen molar-refractivity contribution < 1.29 is 5.11 Å². The average molecular weight is 208 g/mol. The Morgan fingerprint density at radius 1 is 1.40 bits per heavy atom. The highest BCUT2D eigenvalue weighted by Crippen LogP contribution is 2.38. The fourth-order valence-electron chi connectivity index (χ4n) is 2.32. The van der Waals surface area contributed by atoms with Gasteiger partial charge in [-0.25, -0.2) is 0 Å². The van der Waals surface area contributed by atoms with Crippen LogP contribution in [0.2, 0.25) is 0 Å². The third-order valence-corrected chi connectivity index (χ3v) is 3.22. The Hall–Kier alpha value is -0.940. The van der Waals surface area contributed by atoms with Crippen LogP contribution in [-0.2, 0) is 0 Å². The Balaban J connectivity index is 1.90. The van der Waals surface area contributed by atoms with Gasteiger partial charge in [0.05, 0.1) is 12.1 Å². The highest BCUT2D eigenvalue weighted by Gasteiger charge is 2.33. The minimum Gasteiger partial charge on any atom is -0.392 e. The molecule has 2 fully saturated rings. The summed E-state index contributed by atoms with van der Waals surface area (Å²) in [6.45, 7) is 2.67. The molecule has 1 aromatic heterocycles. The number of hydrogen-bond acceptors (Lipinski definition) is 4. The van der Waals surface area contributed by atoms with Gasteiger partial charge in [0.2, 0.25) is 0 Å². The molecule has 1 aliphatic heterocycles. The van der Waals surface area contributed by atoms with Crippen molar-refractivity contribution in [2.24, 2.45) is 0 Å². The molecule has 3 rings (SSSR count). The van der Waals surface area contributed by atoms with Crippen molar-refractivity contribution >= 4 is 0 Å². The Bertz CT molecular complexity index is 371. The number of nitrogens with zero attached hydrogens (tertiary/aromatic N) is 3. The van der Waals surface area contributed by atoms with E-state index < -0.39 is 0 Å². The molecule has 1 unspecified atom stereocenters. The van der Waals surface area contributed by atoms with E-state index in [9.17, 15) is 5.11 Å². The Labute approximate surface area is 88.5 Å². The van der Waals surface area contributed by atoms with E-state index in [1.807, 2.05) is 6.92 Å². The van der Waals surface area contributed by atoms with Gasteiger partial charge in [0.25, 0.3) is 0 Å². The van der Waals surface area contributed by atoms with Crippen LogP contribution in [0.5, 0.6) is 0 Å². The van der Waals surface area contributed by atoms with Crippen molar-refractivity contribution in [1.82, 2.24) is 20.1 Å². The van der Waals surface area contributed by atoms with Gasteiger partial charge >= 0.3 is 0 Å². The van der Waals surface area contributed by atoms with Crippen molar-refractivity contribution in [2.45, 2.75) is 44.4 Å². The lowest BCUT2D eigenvalue weighted by Gasteiger charge is -2.12. The van der Waals surface area contributed by atoms with Gasteiger partial charge < -0.3 is 15.0 Å². The molecule has 82 valence electrons. The molecule has 1 saturated heterocycles. The molecule has 0 amide bonds. The molecule has 5 heteroatoms. The van der Waals surface area contributed by atoms with E-state index in [4.69, 9.17) is 0 Å². The summed E-state index contributed by atoms with van der Waals surface area (Å²) >= 11 is 0. The van der Waals surface area contributed by atoms with Crippen LogP contribution < -0.4 is 5.32 Å². The quantitative estimate of drug-likeness (QED) is 0.734. The van der Waals surface area contributed by atoms with Crippen molar-refractivity contribution in [3.8, 4) is 0 Å². The van der Waals surface area contributed by atoms with Crippen LogP contribution in [0, 0.1) is 6.92 Å². The molecule has 5 nitrogen and oxygen atoms in total.